The first-order valence-corrected chi connectivity index (χ1v) is 5.16. The lowest BCUT2D eigenvalue weighted by Gasteiger charge is -2.02. The number of carbonyl (C=O) groups excluding carboxylic acids is 1. The molecular formula is C12H20O2. The van der Waals surface area contributed by atoms with Gasteiger partial charge in [-0.1, -0.05) is 25.7 Å². The first-order valence-electron chi connectivity index (χ1n) is 5.16. The van der Waals surface area contributed by atoms with Crippen molar-refractivity contribution in [2.75, 3.05) is 6.61 Å². The quantitative estimate of drug-likeness (QED) is 0.270. The highest BCUT2D eigenvalue weighted by atomic mass is 16.5. The summed E-state index contributed by atoms with van der Waals surface area (Å²) in [6.07, 6.45) is 8.47. The van der Waals surface area contributed by atoms with Gasteiger partial charge in [0.25, 0.3) is 0 Å². The minimum absolute atomic E-state index is 0.283. The highest BCUT2D eigenvalue weighted by molar-refractivity contribution is 5.86. The average molecular weight is 196 g/mol. The summed E-state index contributed by atoms with van der Waals surface area (Å²) < 4.78 is 4.95. The molecular weight excluding hydrogens is 176 g/mol. The molecule has 0 aliphatic carbocycles. The molecule has 0 bridgehead atoms. The van der Waals surface area contributed by atoms with Gasteiger partial charge in [0, 0.05) is 5.57 Å². The van der Waals surface area contributed by atoms with Crippen LogP contribution in [0.1, 0.15) is 39.5 Å². The van der Waals surface area contributed by atoms with Gasteiger partial charge in [-0.05, 0) is 32.6 Å². The fraction of sp³-hybridized carbons (Fsp3) is 0.583. The summed E-state index contributed by atoms with van der Waals surface area (Å²) in [6.45, 7) is 7.79. The summed E-state index contributed by atoms with van der Waals surface area (Å²) in [5.41, 5.74) is 0.468. The van der Waals surface area contributed by atoms with E-state index in [0.29, 0.717) is 12.2 Å². The molecule has 0 N–H and O–H groups in total. The molecule has 2 heteroatoms. The fourth-order valence-electron chi connectivity index (χ4n) is 0.937. The van der Waals surface area contributed by atoms with E-state index in [1.807, 2.05) is 0 Å². The van der Waals surface area contributed by atoms with E-state index in [1.165, 1.54) is 0 Å². The van der Waals surface area contributed by atoms with E-state index in [0.717, 1.165) is 25.7 Å². The molecule has 0 aromatic rings. The summed E-state index contributed by atoms with van der Waals surface area (Å²) >= 11 is 0. The van der Waals surface area contributed by atoms with Gasteiger partial charge in [-0.15, -0.1) is 0 Å². The third-order valence-corrected chi connectivity index (χ3v) is 1.75. The smallest absolute Gasteiger partial charge is 0.333 e. The van der Waals surface area contributed by atoms with Crippen LogP contribution in [-0.4, -0.2) is 12.6 Å². The molecule has 0 rings (SSSR count). The number of hydrogen-bond donors (Lipinski definition) is 0. The SMILES string of the molecule is C=C(C)C(=O)OCCCCC=CCC. The summed E-state index contributed by atoms with van der Waals surface area (Å²) in [6, 6.07) is 0. The first-order chi connectivity index (χ1) is 6.68. The summed E-state index contributed by atoms with van der Waals surface area (Å²) in [4.78, 5) is 10.9. The predicted octanol–water partition coefficient (Wildman–Crippen LogP) is 3.24. The van der Waals surface area contributed by atoms with E-state index in [1.54, 1.807) is 6.92 Å². The van der Waals surface area contributed by atoms with Crippen LogP contribution in [0.4, 0.5) is 0 Å². The molecule has 0 aliphatic heterocycles. The number of rotatable bonds is 7. The number of unbranched alkanes of at least 4 members (excludes halogenated alkanes) is 2. The van der Waals surface area contributed by atoms with E-state index in [2.05, 4.69) is 25.7 Å². The van der Waals surface area contributed by atoms with Crippen molar-refractivity contribution < 1.29 is 9.53 Å². The van der Waals surface area contributed by atoms with Crippen molar-refractivity contribution in [3.8, 4) is 0 Å². The van der Waals surface area contributed by atoms with Gasteiger partial charge in [-0.2, -0.15) is 0 Å². The maximum absolute atomic E-state index is 10.9. The standard InChI is InChI=1S/C12H20O2/c1-4-5-6-7-8-9-10-14-12(13)11(2)3/h5-6H,2,4,7-10H2,1,3H3. The number of allylic oxidation sites excluding steroid dienone is 2. The molecule has 0 fully saturated rings. The van der Waals surface area contributed by atoms with E-state index in [9.17, 15) is 4.79 Å². The van der Waals surface area contributed by atoms with Crippen LogP contribution in [0.5, 0.6) is 0 Å². The third-order valence-electron chi connectivity index (χ3n) is 1.75. The molecule has 0 aromatic heterocycles. The van der Waals surface area contributed by atoms with Gasteiger partial charge in [0.15, 0.2) is 0 Å². The van der Waals surface area contributed by atoms with Crippen molar-refractivity contribution in [3.05, 3.63) is 24.3 Å². The second-order valence-electron chi connectivity index (χ2n) is 3.29. The van der Waals surface area contributed by atoms with Crippen LogP contribution >= 0.6 is 0 Å². The van der Waals surface area contributed by atoms with Crippen molar-refractivity contribution in [2.45, 2.75) is 39.5 Å². The van der Waals surface area contributed by atoms with Crippen LogP contribution in [-0.2, 0) is 9.53 Å². The van der Waals surface area contributed by atoms with Gasteiger partial charge in [-0.3, -0.25) is 0 Å². The van der Waals surface area contributed by atoms with Crippen molar-refractivity contribution >= 4 is 5.97 Å². The van der Waals surface area contributed by atoms with Gasteiger partial charge < -0.3 is 4.74 Å². The molecule has 0 unspecified atom stereocenters. The Bertz CT molecular complexity index is 204. The highest BCUT2D eigenvalue weighted by Crippen LogP contribution is 2.00. The Balaban J connectivity index is 3.26. The number of hydrogen-bond acceptors (Lipinski definition) is 2. The number of carbonyl (C=O) groups is 1. The molecule has 0 saturated carbocycles. The van der Waals surface area contributed by atoms with Gasteiger partial charge in [0.2, 0.25) is 0 Å². The Morgan fingerprint density at radius 3 is 2.64 bits per heavy atom. The molecule has 0 aromatic carbocycles. The fourth-order valence-corrected chi connectivity index (χ4v) is 0.937. The molecule has 0 heterocycles. The second-order valence-corrected chi connectivity index (χ2v) is 3.29. The van der Waals surface area contributed by atoms with E-state index in [4.69, 9.17) is 4.74 Å². The summed E-state index contributed by atoms with van der Waals surface area (Å²) in [5.74, 6) is -0.283. The molecule has 0 atom stereocenters. The van der Waals surface area contributed by atoms with Crippen LogP contribution in [0.2, 0.25) is 0 Å². The maximum atomic E-state index is 10.9. The lowest BCUT2D eigenvalue weighted by Crippen LogP contribution is -2.05. The van der Waals surface area contributed by atoms with Gasteiger partial charge in [-0.25, -0.2) is 4.79 Å². The van der Waals surface area contributed by atoms with Crippen molar-refractivity contribution in [1.82, 2.24) is 0 Å². The summed E-state index contributed by atoms with van der Waals surface area (Å²) in [7, 11) is 0. The molecule has 0 amide bonds. The Kier molecular flexibility index (Phi) is 7.90. The molecule has 14 heavy (non-hydrogen) atoms. The van der Waals surface area contributed by atoms with Crippen LogP contribution < -0.4 is 0 Å². The predicted molar refractivity (Wildman–Crippen MR) is 59.1 cm³/mol. The topological polar surface area (TPSA) is 26.3 Å². The molecule has 0 radical (unpaired) electrons. The normalized spacial score (nSPS) is 10.4. The zero-order valence-corrected chi connectivity index (χ0v) is 9.21. The first kappa shape index (κ1) is 12.9. The van der Waals surface area contributed by atoms with E-state index >= 15 is 0 Å². The van der Waals surface area contributed by atoms with E-state index < -0.39 is 0 Å². The molecule has 0 aliphatic rings. The average Bonchev–Trinajstić information content (AvgIpc) is 2.16. The van der Waals surface area contributed by atoms with Crippen LogP contribution in [0.25, 0.3) is 0 Å². The van der Waals surface area contributed by atoms with Gasteiger partial charge >= 0.3 is 5.97 Å². The zero-order valence-electron chi connectivity index (χ0n) is 9.21. The van der Waals surface area contributed by atoms with Crippen molar-refractivity contribution in [3.63, 3.8) is 0 Å². The molecule has 0 spiro atoms. The second kappa shape index (κ2) is 8.54. The lowest BCUT2D eigenvalue weighted by atomic mass is 10.2. The zero-order chi connectivity index (χ0) is 10.8. The maximum Gasteiger partial charge on any atom is 0.333 e. The van der Waals surface area contributed by atoms with Gasteiger partial charge in [0.1, 0.15) is 0 Å². The van der Waals surface area contributed by atoms with Crippen LogP contribution in [0.15, 0.2) is 24.3 Å². The van der Waals surface area contributed by atoms with Crippen molar-refractivity contribution in [2.24, 2.45) is 0 Å². The monoisotopic (exact) mass is 196 g/mol. The van der Waals surface area contributed by atoms with Crippen molar-refractivity contribution in [1.29, 1.82) is 0 Å². The Hall–Kier alpha value is -1.05. The summed E-state index contributed by atoms with van der Waals surface area (Å²) in [5, 5.41) is 0. The molecule has 80 valence electrons. The van der Waals surface area contributed by atoms with Gasteiger partial charge in [0.05, 0.1) is 6.61 Å². The minimum Gasteiger partial charge on any atom is -0.462 e. The van der Waals surface area contributed by atoms with Crippen LogP contribution in [0, 0.1) is 0 Å². The highest BCUT2D eigenvalue weighted by Gasteiger charge is 2.00. The minimum atomic E-state index is -0.283. The lowest BCUT2D eigenvalue weighted by molar-refractivity contribution is -0.139. The molecule has 2 nitrogen and oxygen atoms in total. The largest absolute Gasteiger partial charge is 0.462 e. The Labute approximate surface area is 86.6 Å². The van der Waals surface area contributed by atoms with Crippen LogP contribution in [0.3, 0.4) is 0 Å². The Morgan fingerprint density at radius 2 is 2.07 bits per heavy atom. The Morgan fingerprint density at radius 1 is 1.36 bits per heavy atom. The number of esters is 1. The van der Waals surface area contributed by atoms with E-state index in [-0.39, 0.29) is 5.97 Å². The third kappa shape index (κ3) is 7.59. The number of ether oxygens (including phenoxy) is 1. The molecule has 0 saturated heterocycles.